The minimum atomic E-state index is -0.982. The number of carboxylic acid groups (broad SMARTS) is 1. The lowest BCUT2D eigenvalue weighted by Gasteiger charge is -2.17. The second kappa shape index (κ2) is 5.70. The maximum absolute atomic E-state index is 10.8. The van der Waals surface area contributed by atoms with Crippen LogP contribution in [0.3, 0.4) is 0 Å². The lowest BCUT2D eigenvalue weighted by molar-refractivity contribution is 0.0697. The number of halogens is 1. The van der Waals surface area contributed by atoms with Gasteiger partial charge in [0, 0.05) is 12.7 Å². The zero-order valence-electron chi connectivity index (χ0n) is 10.7. The van der Waals surface area contributed by atoms with Gasteiger partial charge in [0.2, 0.25) is 11.2 Å². The van der Waals surface area contributed by atoms with Crippen molar-refractivity contribution in [3.05, 3.63) is 35.1 Å². The summed E-state index contributed by atoms with van der Waals surface area (Å²) in [7, 11) is 3.15. The van der Waals surface area contributed by atoms with Crippen LogP contribution in [0.5, 0.6) is 6.01 Å². The number of aromatic nitrogens is 3. The Bertz CT molecular complexity index is 633. The number of methoxy groups -OCH3 is 1. The van der Waals surface area contributed by atoms with Crippen LogP contribution in [0.15, 0.2) is 24.3 Å². The highest BCUT2D eigenvalue weighted by Gasteiger charge is 2.12. The number of rotatable bonds is 4. The molecular weight excluding hydrogens is 284 g/mol. The summed E-state index contributed by atoms with van der Waals surface area (Å²) in [4.78, 5) is 24.3. The Morgan fingerprint density at radius 3 is 2.45 bits per heavy atom. The Morgan fingerprint density at radius 2 is 1.90 bits per heavy atom. The fourth-order valence-electron chi connectivity index (χ4n) is 1.51. The Hall–Kier alpha value is -2.41. The summed E-state index contributed by atoms with van der Waals surface area (Å²) >= 11 is 5.78. The van der Waals surface area contributed by atoms with Crippen LogP contribution in [0.1, 0.15) is 10.4 Å². The number of anilines is 2. The van der Waals surface area contributed by atoms with Crippen molar-refractivity contribution >= 4 is 29.2 Å². The summed E-state index contributed by atoms with van der Waals surface area (Å²) in [5.41, 5.74) is 0.910. The minimum absolute atomic E-state index is 0.0147. The molecule has 0 radical (unpaired) electrons. The molecule has 7 nitrogen and oxygen atoms in total. The van der Waals surface area contributed by atoms with Gasteiger partial charge in [-0.3, -0.25) is 0 Å². The highest BCUT2D eigenvalue weighted by Crippen LogP contribution is 2.22. The van der Waals surface area contributed by atoms with Gasteiger partial charge in [0.1, 0.15) is 0 Å². The Labute approximate surface area is 119 Å². The molecule has 0 aliphatic heterocycles. The molecule has 0 bridgehead atoms. The first-order valence-corrected chi connectivity index (χ1v) is 5.91. The molecular formula is C12H11ClN4O3. The maximum Gasteiger partial charge on any atom is 0.335 e. The first-order valence-electron chi connectivity index (χ1n) is 5.54. The molecule has 1 heterocycles. The molecule has 2 rings (SSSR count). The Morgan fingerprint density at radius 1 is 1.25 bits per heavy atom. The molecule has 0 amide bonds. The number of carboxylic acids is 1. The molecule has 20 heavy (non-hydrogen) atoms. The summed E-state index contributed by atoms with van der Waals surface area (Å²) in [5.74, 6) is -0.686. The molecule has 0 fully saturated rings. The maximum atomic E-state index is 10.8. The second-order valence-electron chi connectivity index (χ2n) is 3.80. The average molecular weight is 295 g/mol. The van der Waals surface area contributed by atoms with E-state index in [9.17, 15) is 4.79 Å². The van der Waals surface area contributed by atoms with Gasteiger partial charge < -0.3 is 14.7 Å². The molecule has 0 aliphatic rings. The van der Waals surface area contributed by atoms with Crippen molar-refractivity contribution in [2.45, 2.75) is 0 Å². The molecule has 1 aromatic heterocycles. The van der Waals surface area contributed by atoms with E-state index >= 15 is 0 Å². The molecule has 2 aromatic rings. The van der Waals surface area contributed by atoms with Crippen molar-refractivity contribution < 1.29 is 14.6 Å². The summed E-state index contributed by atoms with van der Waals surface area (Å²) in [6, 6.07) is 6.39. The SMILES string of the molecule is COc1nc(Cl)nc(N(C)c2ccc(C(=O)O)cc2)n1. The third-order valence-electron chi connectivity index (χ3n) is 2.56. The number of hydrogen-bond acceptors (Lipinski definition) is 6. The van der Waals surface area contributed by atoms with E-state index in [1.165, 1.54) is 19.2 Å². The van der Waals surface area contributed by atoms with Crippen molar-refractivity contribution in [3.8, 4) is 6.01 Å². The quantitative estimate of drug-likeness (QED) is 0.922. The van der Waals surface area contributed by atoms with E-state index in [4.69, 9.17) is 21.4 Å². The Balaban J connectivity index is 2.32. The molecule has 8 heteroatoms. The fraction of sp³-hybridized carbons (Fsp3) is 0.167. The van der Waals surface area contributed by atoms with Gasteiger partial charge >= 0.3 is 12.0 Å². The van der Waals surface area contributed by atoms with E-state index in [1.807, 2.05) is 0 Å². The van der Waals surface area contributed by atoms with Crippen LogP contribution in [0.2, 0.25) is 5.28 Å². The summed E-state index contributed by atoms with van der Waals surface area (Å²) in [6.07, 6.45) is 0. The smallest absolute Gasteiger partial charge is 0.335 e. The molecule has 0 saturated carbocycles. The summed E-state index contributed by atoms with van der Waals surface area (Å²) in [5, 5.41) is 8.87. The van der Waals surface area contributed by atoms with Gasteiger partial charge in [-0.25, -0.2) is 4.79 Å². The molecule has 0 aliphatic carbocycles. The zero-order chi connectivity index (χ0) is 14.7. The molecule has 0 atom stereocenters. The van der Waals surface area contributed by atoms with E-state index in [0.717, 1.165) is 0 Å². The molecule has 0 saturated heterocycles. The van der Waals surface area contributed by atoms with Gasteiger partial charge in [0.15, 0.2) is 0 Å². The largest absolute Gasteiger partial charge is 0.478 e. The predicted octanol–water partition coefficient (Wildman–Crippen LogP) is 2.00. The van der Waals surface area contributed by atoms with Gasteiger partial charge in [-0.1, -0.05) is 0 Å². The third kappa shape index (κ3) is 2.94. The van der Waals surface area contributed by atoms with E-state index in [-0.39, 0.29) is 16.9 Å². The first kappa shape index (κ1) is 14.0. The third-order valence-corrected chi connectivity index (χ3v) is 2.73. The predicted molar refractivity (Wildman–Crippen MR) is 72.9 cm³/mol. The van der Waals surface area contributed by atoms with E-state index in [0.29, 0.717) is 11.6 Å². The van der Waals surface area contributed by atoms with E-state index in [2.05, 4.69) is 15.0 Å². The van der Waals surface area contributed by atoms with Crippen molar-refractivity contribution in [3.63, 3.8) is 0 Å². The van der Waals surface area contributed by atoms with Crippen LogP contribution in [0.25, 0.3) is 0 Å². The standard InChI is InChI=1S/C12H11ClN4O3/c1-17(8-5-3-7(4-6-8)9(18)19)11-14-10(13)15-12(16-11)20-2/h3-6H,1-2H3,(H,18,19). The topological polar surface area (TPSA) is 88.4 Å². The Kier molecular flexibility index (Phi) is 3.99. The van der Waals surface area contributed by atoms with Gasteiger partial charge in [0.05, 0.1) is 12.7 Å². The zero-order valence-corrected chi connectivity index (χ0v) is 11.5. The van der Waals surface area contributed by atoms with Gasteiger partial charge in [-0.15, -0.1) is 0 Å². The van der Waals surface area contributed by atoms with Crippen LogP contribution in [-0.4, -0.2) is 40.2 Å². The van der Waals surface area contributed by atoms with E-state index < -0.39 is 5.97 Å². The summed E-state index contributed by atoms with van der Waals surface area (Å²) in [6.45, 7) is 0. The van der Waals surface area contributed by atoms with Crippen molar-refractivity contribution in [1.82, 2.24) is 15.0 Å². The van der Waals surface area contributed by atoms with Crippen LogP contribution < -0.4 is 9.64 Å². The van der Waals surface area contributed by atoms with Gasteiger partial charge in [-0.2, -0.15) is 15.0 Å². The number of ether oxygens (including phenoxy) is 1. The lowest BCUT2D eigenvalue weighted by atomic mass is 10.2. The van der Waals surface area contributed by atoms with Crippen molar-refractivity contribution in [1.29, 1.82) is 0 Å². The monoisotopic (exact) mass is 294 g/mol. The first-order chi connectivity index (χ1) is 9.51. The van der Waals surface area contributed by atoms with Gasteiger partial charge in [-0.05, 0) is 35.9 Å². The molecule has 1 N–H and O–H groups in total. The fourth-order valence-corrected chi connectivity index (χ4v) is 1.65. The number of hydrogen-bond donors (Lipinski definition) is 1. The number of aromatic carboxylic acids is 1. The molecule has 104 valence electrons. The highest BCUT2D eigenvalue weighted by molar-refractivity contribution is 6.28. The second-order valence-corrected chi connectivity index (χ2v) is 4.14. The van der Waals surface area contributed by atoms with Crippen LogP contribution >= 0.6 is 11.6 Å². The number of benzene rings is 1. The van der Waals surface area contributed by atoms with Crippen LogP contribution in [0.4, 0.5) is 11.6 Å². The molecule has 0 spiro atoms. The number of carbonyl (C=O) groups is 1. The van der Waals surface area contributed by atoms with Crippen molar-refractivity contribution in [2.75, 3.05) is 19.1 Å². The normalized spacial score (nSPS) is 10.2. The van der Waals surface area contributed by atoms with Gasteiger partial charge in [0.25, 0.3) is 0 Å². The van der Waals surface area contributed by atoms with E-state index in [1.54, 1.807) is 24.1 Å². The van der Waals surface area contributed by atoms with Crippen LogP contribution in [0, 0.1) is 0 Å². The average Bonchev–Trinajstić information content (AvgIpc) is 2.45. The number of nitrogens with zero attached hydrogens (tertiary/aromatic N) is 4. The highest BCUT2D eigenvalue weighted by atomic mass is 35.5. The minimum Gasteiger partial charge on any atom is -0.478 e. The summed E-state index contributed by atoms with van der Waals surface area (Å²) < 4.78 is 4.92. The molecule has 1 aromatic carbocycles. The van der Waals surface area contributed by atoms with Crippen molar-refractivity contribution in [2.24, 2.45) is 0 Å². The molecule has 0 unspecified atom stereocenters. The lowest BCUT2D eigenvalue weighted by Crippen LogP contribution is -2.14. The van der Waals surface area contributed by atoms with Crippen LogP contribution in [-0.2, 0) is 0 Å².